The van der Waals surface area contributed by atoms with E-state index in [9.17, 15) is 0 Å². The molecule has 0 aliphatic heterocycles. The summed E-state index contributed by atoms with van der Waals surface area (Å²) in [5.74, 6) is 0. The fourth-order valence-electron chi connectivity index (χ4n) is 2.62. The van der Waals surface area contributed by atoms with Crippen LogP contribution >= 0.6 is 34.0 Å². The van der Waals surface area contributed by atoms with E-state index in [4.69, 9.17) is 0 Å². The van der Waals surface area contributed by atoms with Gasteiger partial charge in [0.15, 0.2) is 0 Å². The lowest BCUT2D eigenvalue weighted by Gasteiger charge is -2.08. The van der Waals surface area contributed by atoms with Crippen molar-refractivity contribution in [3.63, 3.8) is 0 Å². The summed E-state index contributed by atoms with van der Waals surface area (Å²) in [4.78, 5) is 2.29. The van der Waals surface area contributed by atoms with Crippen molar-refractivity contribution in [3.8, 4) is 0 Å². The molecule has 0 aromatic carbocycles. The standard InChI is InChI=1S/C18H39N.2BrH/c1-4-5-6-7-8-9-10-11-12-13-14-15-16-17-18-19(2)3;;/h4-18H2,1-3H3;2*1H. The molecule has 0 aromatic heterocycles. The molecule has 3 heteroatoms. The van der Waals surface area contributed by atoms with Gasteiger partial charge >= 0.3 is 0 Å². The molecule has 1 nitrogen and oxygen atoms in total. The summed E-state index contributed by atoms with van der Waals surface area (Å²) < 4.78 is 0. The van der Waals surface area contributed by atoms with Gasteiger partial charge in [0, 0.05) is 0 Å². The third kappa shape index (κ3) is 26.2. The van der Waals surface area contributed by atoms with Crippen LogP contribution < -0.4 is 0 Å². The van der Waals surface area contributed by atoms with E-state index in [0.29, 0.717) is 0 Å². The summed E-state index contributed by atoms with van der Waals surface area (Å²) in [7, 11) is 4.34. The Morgan fingerprint density at radius 2 is 0.762 bits per heavy atom. The van der Waals surface area contributed by atoms with Crippen molar-refractivity contribution in [1.82, 2.24) is 4.90 Å². The first-order valence-corrected chi connectivity index (χ1v) is 8.92. The van der Waals surface area contributed by atoms with Crippen LogP contribution in [0.25, 0.3) is 0 Å². The molecule has 21 heavy (non-hydrogen) atoms. The van der Waals surface area contributed by atoms with Gasteiger partial charge in [-0.1, -0.05) is 90.4 Å². The Labute approximate surface area is 156 Å². The summed E-state index contributed by atoms with van der Waals surface area (Å²) >= 11 is 0. The van der Waals surface area contributed by atoms with Gasteiger partial charge in [0.25, 0.3) is 0 Å². The zero-order chi connectivity index (χ0) is 14.2. The minimum absolute atomic E-state index is 0. The SMILES string of the molecule is Br.Br.CCCCCCCCCCCCCCCCN(C)C. The Morgan fingerprint density at radius 3 is 1.05 bits per heavy atom. The molecule has 0 atom stereocenters. The van der Waals surface area contributed by atoms with Crippen molar-refractivity contribution >= 4 is 34.0 Å². The molecule has 132 valence electrons. The predicted octanol–water partition coefficient (Wildman–Crippen LogP) is 7.19. The van der Waals surface area contributed by atoms with Gasteiger partial charge in [-0.3, -0.25) is 0 Å². The van der Waals surface area contributed by atoms with Crippen molar-refractivity contribution in [2.45, 2.75) is 96.8 Å². The maximum Gasteiger partial charge on any atom is -0.00248 e. The Morgan fingerprint density at radius 1 is 0.476 bits per heavy atom. The molecule has 0 unspecified atom stereocenters. The Hall–Kier alpha value is 0.920. The second kappa shape index (κ2) is 23.2. The van der Waals surface area contributed by atoms with E-state index in [1.807, 2.05) is 0 Å². The summed E-state index contributed by atoms with van der Waals surface area (Å²) in [6.45, 7) is 3.55. The molecule has 0 aliphatic rings. The van der Waals surface area contributed by atoms with Crippen LogP contribution in [0.5, 0.6) is 0 Å². The Bertz CT molecular complexity index is 163. The van der Waals surface area contributed by atoms with Crippen LogP contribution in [0.2, 0.25) is 0 Å². The van der Waals surface area contributed by atoms with Crippen LogP contribution in [-0.2, 0) is 0 Å². The molecular formula is C18H41Br2N. The van der Waals surface area contributed by atoms with E-state index in [2.05, 4.69) is 25.9 Å². The monoisotopic (exact) mass is 429 g/mol. The zero-order valence-corrected chi connectivity index (χ0v) is 18.3. The molecule has 0 aliphatic carbocycles. The number of halogens is 2. The summed E-state index contributed by atoms with van der Waals surface area (Å²) in [6, 6.07) is 0. The van der Waals surface area contributed by atoms with Crippen molar-refractivity contribution in [3.05, 3.63) is 0 Å². The molecule has 0 rings (SSSR count). The highest BCUT2D eigenvalue weighted by Crippen LogP contribution is 2.12. The van der Waals surface area contributed by atoms with Crippen molar-refractivity contribution < 1.29 is 0 Å². The van der Waals surface area contributed by atoms with Crippen LogP contribution in [0.4, 0.5) is 0 Å². The molecular weight excluding hydrogens is 390 g/mol. The lowest BCUT2D eigenvalue weighted by molar-refractivity contribution is 0.389. The molecule has 0 aromatic rings. The summed E-state index contributed by atoms with van der Waals surface area (Å²) in [6.07, 6.45) is 20.3. The van der Waals surface area contributed by atoms with Crippen LogP contribution in [-0.4, -0.2) is 25.5 Å². The second-order valence-electron chi connectivity index (χ2n) is 6.40. The molecule has 0 bridgehead atoms. The average Bonchev–Trinajstić information content (AvgIpc) is 2.39. The van der Waals surface area contributed by atoms with Crippen molar-refractivity contribution in [2.24, 2.45) is 0 Å². The molecule has 0 spiro atoms. The fraction of sp³-hybridized carbons (Fsp3) is 1.00. The van der Waals surface area contributed by atoms with E-state index in [1.54, 1.807) is 0 Å². The Balaban J connectivity index is -0.00000162. The molecule has 0 fully saturated rings. The highest BCUT2D eigenvalue weighted by atomic mass is 79.9. The number of hydrogen-bond donors (Lipinski definition) is 0. The number of unbranched alkanes of at least 4 members (excludes halogenated alkanes) is 13. The largest absolute Gasteiger partial charge is 0.309 e. The normalized spacial score (nSPS) is 10.3. The van der Waals surface area contributed by atoms with Gasteiger partial charge in [-0.05, 0) is 27.1 Å². The highest BCUT2D eigenvalue weighted by molar-refractivity contribution is 8.93. The number of rotatable bonds is 15. The molecule has 0 N–H and O–H groups in total. The maximum absolute atomic E-state index is 2.29. The van der Waals surface area contributed by atoms with Crippen molar-refractivity contribution in [1.29, 1.82) is 0 Å². The van der Waals surface area contributed by atoms with Gasteiger partial charge < -0.3 is 4.90 Å². The average molecular weight is 431 g/mol. The number of nitrogens with zero attached hydrogens (tertiary/aromatic N) is 1. The van der Waals surface area contributed by atoms with E-state index >= 15 is 0 Å². The second-order valence-corrected chi connectivity index (χ2v) is 6.40. The van der Waals surface area contributed by atoms with Gasteiger partial charge in [-0.2, -0.15) is 0 Å². The smallest absolute Gasteiger partial charge is 0.00248 e. The molecule has 0 heterocycles. The highest BCUT2D eigenvalue weighted by Gasteiger charge is 1.94. The first-order valence-electron chi connectivity index (χ1n) is 8.92. The Kier molecular flexibility index (Phi) is 29.6. The third-order valence-electron chi connectivity index (χ3n) is 3.96. The summed E-state index contributed by atoms with van der Waals surface area (Å²) in [5, 5.41) is 0. The first-order chi connectivity index (χ1) is 9.27. The van der Waals surface area contributed by atoms with Crippen LogP contribution in [0.1, 0.15) is 96.8 Å². The lowest BCUT2D eigenvalue weighted by Crippen LogP contribution is -2.12. The topological polar surface area (TPSA) is 3.24 Å². The first kappa shape index (κ1) is 26.8. The van der Waals surface area contributed by atoms with Gasteiger partial charge in [-0.25, -0.2) is 0 Å². The molecule has 0 saturated heterocycles. The van der Waals surface area contributed by atoms with Gasteiger partial charge in [-0.15, -0.1) is 34.0 Å². The minimum atomic E-state index is 0. The third-order valence-corrected chi connectivity index (χ3v) is 3.96. The van der Waals surface area contributed by atoms with Crippen LogP contribution in [0.15, 0.2) is 0 Å². The van der Waals surface area contributed by atoms with Gasteiger partial charge in [0.05, 0.1) is 0 Å². The van der Waals surface area contributed by atoms with Gasteiger partial charge in [0.1, 0.15) is 0 Å². The van der Waals surface area contributed by atoms with Crippen LogP contribution in [0, 0.1) is 0 Å². The summed E-state index contributed by atoms with van der Waals surface area (Å²) in [5.41, 5.74) is 0. The fourth-order valence-corrected chi connectivity index (χ4v) is 2.62. The predicted molar refractivity (Wildman–Crippen MR) is 110 cm³/mol. The maximum atomic E-state index is 2.29. The van der Waals surface area contributed by atoms with Gasteiger partial charge in [0.2, 0.25) is 0 Å². The molecule has 0 radical (unpaired) electrons. The van der Waals surface area contributed by atoms with E-state index < -0.39 is 0 Å². The van der Waals surface area contributed by atoms with Crippen molar-refractivity contribution in [2.75, 3.05) is 20.6 Å². The van der Waals surface area contributed by atoms with E-state index in [0.717, 1.165) is 0 Å². The van der Waals surface area contributed by atoms with Crippen LogP contribution in [0.3, 0.4) is 0 Å². The minimum Gasteiger partial charge on any atom is -0.309 e. The molecule has 0 amide bonds. The lowest BCUT2D eigenvalue weighted by atomic mass is 10.0. The zero-order valence-electron chi connectivity index (χ0n) is 14.9. The molecule has 0 saturated carbocycles. The number of hydrogen-bond acceptors (Lipinski definition) is 1. The van der Waals surface area contributed by atoms with E-state index in [-0.39, 0.29) is 34.0 Å². The quantitative estimate of drug-likeness (QED) is 0.248. The van der Waals surface area contributed by atoms with E-state index in [1.165, 1.54) is 96.4 Å².